The molecule has 2 N–H and O–H groups in total. The highest BCUT2D eigenvalue weighted by Crippen LogP contribution is 2.25. The van der Waals surface area contributed by atoms with Crippen molar-refractivity contribution in [2.24, 2.45) is 0 Å². The number of rotatable bonds is 3. The molecule has 2 aromatic carbocycles. The van der Waals surface area contributed by atoms with Crippen molar-refractivity contribution in [2.75, 3.05) is 0 Å². The Labute approximate surface area is 120 Å². The molecule has 3 rings (SSSR count). The molecule has 1 amide bonds. The van der Waals surface area contributed by atoms with Gasteiger partial charge in [-0.05, 0) is 23.8 Å². The molecule has 0 unspecified atom stereocenters. The van der Waals surface area contributed by atoms with Gasteiger partial charge < -0.3 is 10.4 Å². The SMILES string of the molecule is O=C(NCc1cccc(O)c1)c1csc2ccccc12. The van der Waals surface area contributed by atoms with Crippen molar-refractivity contribution in [3.05, 3.63) is 65.0 Å². The standard InChI is InChI=1S/C16H13NO2S/c18-12-5-3-4-11(8-12)9-17-16(19)14-10-20-15-7-2-1-6-13(14)15/h1-8,10,18H,9H2,(H,17,19). The zero-order valence-corrected chi connectivity index (χ0v) is 11.5. The van der Waals surface area contributed by atoms with E-state index in [0.717, 1.165) is 15.6 Å². The average Bonchev–Trinajstić information content (AvgIpc) is 2.89. The minimum absolute atomic E-state index is 0.0919. The first-order valence-electron chi connectivity index (χ1n) is 6.26. The number of phenolic OH excluding ortho intramolecular Hbond substituents is 1. The average molecular weight is 283 g/mol. The van der Waals surface area contributed by atoms with Gasteiger partial charge in [-0.25, -0.2) is 0 Å². The highest BCUT2D eigenvalue weighted by molar-refractivity contribution is 7.17. The van der Waals surface area contributed by atoms with E-state index in [-0.39, 0.29) is 11.7 Å². The second kappa shape index (κ2) is 5.35. The molecule has 3 nitrogen and oxygen atoms in total. The van der Waals surface area contributed by atoms with Gasteiger partial charge in [0.05, 0.1) is 5.56 Å². The Kier molecular flexibility index (Phi) is 3.39. The second-order valence-corrected chi connectivity index (χ2v) is 5.41. The Morgan fingerprint density at radius 3 is 2.85 bits per heavy atom. The monoisotopic (exact) mass is 283 g/mol. The summed E-state index contributed by atoms with van der Waals surface area (Å²) in [5.41, 5.74) is 1.57. The van der Waals surface area contributed by atoms with Crippen molar-refractivity contribution in [3.63, 3.8) is 0 Å². The summed E-state index contributed by atoms with van der Waals surface area (Å²) in [5, 5.41) is 15.1. The number of benzene rings is 2. The summed E-state index contributed by atoms with van der Waals surface area (Å²) in [6, 6.07) is 14.7. The Bertz CT molecular complexity index is 764. The zero-order valence-electron chi connectivity index (χ0n) is 10.7. The van der Waals surface area contributed by atoms with Crippen LogP contribution in [0.5, 0.6) is 5.75 Å². The van der Waals surface area contributed by atoms with Gasteiger partial charge in [-0.15, -0.1) is 11.3 Å². The summed E-state index contributed by atoms with van der Waals surface area (Å²) in [5.74, 6) is 0.114. The van der Waals surface area contributed by atoms with E-state index in [2.05, 4.69) is 5.32 Å². The quantitative estimate of drug-likeness (QED) is 0.772. The van der Waals surface area contributed by atoms with Gasteiger partial charge in [0.1, 0.15) is 5.75 Å². The molecule has 0 bridgehead atoms. The number of amides is 1. The summed E-state index contributed by atoms with van der Waals surface area (Å²) >= 11 is 1.57. The Hall–Kier alpha value is -2.33. The van der Waals surface area contributed by atoms with Gasteiger partial charge in [0.15, 0.2) is 0 Å². The first-order chi connectivity index (χ1) is 9.74. The molecule has 0 aliphatic heterocycles. The smallest absolute Gasteiger partial charge is 0.253 e. The van der Waals surface area contributed by atoms with Crippen molar-refractivity contribution in [1.82, 2.24) is 5.32 Å². The van der Waals surface area contributed by atoms with Gasteiger partial charge in [0.25, 0.3) is 5.91 Å². The number of aromatic hydroxyl groups is 1. The van der Waals surface area contributed by atoms with Crippen LogP contribution < -0.4 is 5.32 Å². The summed E-state index contributed by atoms with van der Waals surface area (Å²) < 4.78 is 1.11. The van der Waals surface area contributed by atoms with E-state index in [9.17, 15) is 9.90 Å². The molecule has 0 radical (unpaired) electrons. The highest BCUT2D eigenvalue weighted by Gasteiger charge is 2.11. The molecule has 0 aliphatic rings. The fraction of sp³-hybridized carbons (Fsp3) is 0.0625. The highest BCUT2D eigenvalue weighted by atomic mass is 32.1. The van der Waals surface area contributed by atoms with Crippen molar-refractivity contribution in [3.8, 4) is 5.75 Å². The molecule has 0 aliphatic carbocycles. The Balaban J connectivity index is 1.76. The van der Waals surface area contributed by atoms with Crippen LogP contribution in [-0.4, -0.2) is 11.0 Å². The Morgan fingerprint density at radius 2 is 2.00 bits per heavy atom. The summed E-state index contributed by atoms with van der Waals surface area (Å²) in [6.07, 6.45) is 0. The van der Waals surface area contributed by atoms with Crippen LogP contribution in [0.15, 0.2) is 53.9 Å². The van der Waals surface area contributed by atoms with Crippen molar-refractivity contribution >= 4 is 27.3 Å². The molecule has 0 spiro atoms. The molecule has 1 heterocycles. The van der Waals surface area contributed by atoms with E-state index < -0.39 is 0 Å². The molecule has 3 aromatic rings. The first kappa shape index (κ1) is 12.7. The van der Waals surface area contributed by atoms with E-state index in [0.29, 0.717) is 12.1 Å². The number of hydrogen-bond acceptors (Lipinski definition) is 3. The van der Waals surface area contributed by atoms with Crippen LogP contribution in [0.3, 0.4) is 0 Å². The van der Waals surface area contributed by atoms with Crippen LogP contribution in [0.4, 0.5) is 0 Å². The van der Waals surface area contributed by atoms with Crippen molar-refractivity contribution in [2.45, 2.75) is 6.54 Å². The molecule has 20 heavy (non-hydrogen) atoms. The fourth-order valence-corrected chi connectivity index (χ4v) is 3.04. The number of hydrogen-bond donors (Lipinski definition) is 2. The largest absolute Gasteiger partial charge is 0.508 e. The van der Waals surface area contributed by atoms with E-state index in [1.165, 1.54) is 0 Å². The molecule has 0 saturated carbocycles. The number of carbonyl (C=O) groups excluding carboxylic acids is 1. The lowest BCUT2D eigenvalue weighted by molar-refractivity contribution is 0.0953. The van der Waals surface area contributed by atoms with Gasteiger partial charge in [-0.2, -0.15) is 0 Å². The fourth-order valence-electron chi connectivity index (χ4n) is 2.10. The topological polar surface area (TPSA) is 49.3 Å². The van der Waals surface area contributed by atoms with E-state index in [1.54, 1.807) is 29.5 Å². The number of fused-ring (bicyclic) bond motifs is 1. The maximum Gasteiger partial charge on any atom is 0.253 e. The lowest BCUT2D eigenvalue weighted by Gasteiger charge is -2.05. The number of carbonyl (C=O) groups is 1. The van der Waals surface area contributed by atoms with Gasteiger partial charge in [-0.1, -0.05) is 30.3 Å². The lowest BCUT2D eigenvalue weighted by atomic mass is 10.1. The zero-order chi connectivity index (χ0) is 13.9. The van der Waals surface area contributed by atoms with Crippen LogP contribution in [0.1, 0.15) is 15.9 Å². The normalized spacial score (nSPS) is 10.6. The van der Waals surface area contributed by atoms with Crippen molar-refractivity contribution in [1.29, 1.82) is 0 Å². The molecular formula is C16H13NO2S. The van der Waals surface area contributed by atoms with E-state index in [1.807, 2.05) is 35.7 Å². The van der Waals surface area contributed by atoms with Crippen molar-refractivity contribution < 1.29 is 9.90 Å². The minimum atomic E-state index is -0.0919. The summed E-state index contributed by atoms with van der Waals surface area (Å²) in [4.78, 5) is 12.2. The van der Waals surface area contributed by atoms with Crippen LogP contribution >= 0.6 is 11.3 Å². The third kappa shape index (κ3) is 2.51. The van der Waals surface area contributed by atoms with E-state index >= 15 is 0 Å². The molecule has 1 aromatic heterocycles. The molecule has 0 fully saturated rings. The number of phenols is 1. The third-order valence-electron chi connectivity index (χ3n) is 3.09. The van der Waals surface area contributed by atoms with Gasteiger partial charge in [-0.3, -0.25) is 4.79 Å². The first-order valence-corrected chi connectivity index (χ1v) is 7.14. The molecule has 100 valence electrons. The summed E-state index contributed by atoms with van der Waals surface area (Å²) in [7, 11) is 0. The van der Waals surface area contributed by atoms with Crippen LogP contribution in [0.2, 0.25) is 0 Å². The van der Waals surface area contributed by atoms with E-state index in [4.69, 9.17) is 0 Å². The molecule has 0 saturated heterocycles. The van der Waals surface area contributed by atoms with Crippen LogP contribution in [0.25, 0.3) is 10.1 Å². The minimum Gasteiger partial charge on any atom is -0.508 e. The molecule has 0 atom stereocenters. The molecule has 4 heteroatoms. The Morgan fingerprint density at radius 1 is 1.15 bits per heavy atom. The molecular weight excluding hydrogens is 270 g/mol. The number of nitrogens with one attached hydrogen (secondary N) is 1. The maximum atomic E-state index is 12.2. The predicted octanol–water partition coefficient (Wildman–Crippen LogP) is 3.54. The van der Waals surface area contributed by atoms with Gasteiger partial charge >= 0.3 is 0 Å². The van der Waals surface area contributed by atoms with Crippen LogP contribution in [-0.2, 0) is 6.54 Å². The second-order valence-electron chi connectivity index (χ2n) is 4.50. The van der Waals surface area contributed by atoms with Gasteiger partial charge in [0.2, 0.25) is 0 Å². The maximum absolute atomic E-state index is 12.2. The third-order valence-corrected chi connectivity index (χ3v) is 4.05. The lowest BCUT2D eigenvalue weighted by Crippen LogP contribution is -2.22. The van der Waals surface area contributed by atoms with Crippen LogP contribution in [0, 0.1) is 0 Å². The number of thiophene rings is 1. The summed E-state index contributed by atoms with van der Waals surface area (Å²) in [6.45, 7) is 0.400. The predicted molar refractivity (Wildman–Crippen MR) is 81.1 cm³/mol. The van der Waals surface area contributed by atoms with Gasteiger partial charge in [0, 0.05) is 22.0 Å².